The lowest BCUT2D eigenvalue weighted by molar-refractivity contribution is 0.332. The summed E-state index contributed by atoms with van der Waals surface area (Å²) in [5.41, 5.74) is 0.757. The largest absolute Gasteiger partial charge is 0.492 e. The van der Waals surface area contributed by atoms with E-state index in [9.17, 15) is 12.8 Å². The van der Waals surface area contributed by atoms with Gasteiger partial charge in [0.05, 0.1) is 16.1 Å². The van der Waals surface area contributed by atoms with Crippen molar-refractivity contribution in [1.82, 2.24) is 0 Å². The number of sulfone groups is 1. The maximum Gasteiger partial charge on any atom is 0.175 e. The van der Waals surface area contributed by atoms with Gasteiger partial charge in [0.25, 0.3) is 0 Å². The molecule has 0 radical (unpaired) electrons. The van der Waals surface area contributed by atoms with Crippen LogP contribution in [0.4, 0.5) is 10.1 Å². The average Bonchev–Trinajstić information content (AvgIpc) is 2.52. The SMILES string of the molecule is CS(=O)(=O)c1ccc(OCCNc2ccc(F)cc2C#N)cc1. The number of ether oxygens (including phenoxy) is 1. The van der Waals surface area contributed by atoms with Gasteiger partial charge in [0.1, 0.15) is 24.2 Å². The zero-order valence-electron chi connectivity index (χ0n) is 12.4. The minimum atomic E-state index is -3.22. The lowest BCUT2D eigenvalue weighted by atomic mass is 10.2. The summed E-state index contributed by atoms with van der Waals surface area (Å²) in [6.45, 7) is 0.717. The fourth-order valence-electron chi connectivity index (χ4n) is 1.90. The van der Waals surface area contributed by atoms with Crippen molar-refractivity contribution < 1.29 is 17.5 Å². The van der Waals surface area contributed by atoms with Gasteiger partial charge in [-0.1, -0.05) is 0 Å². The van der Waals surface area contributed by atoms with Crippen molar-refractivity contribution in [2.45, 2.75) is 4.90 Å². The molecule has 1 N–H and O–H groups in total. The maximum atomic E-state index is 13.0. The summed E-state index contributed by atoms with van der Waals surface area (Å²) in [5.74, 6) is 0.0770. The molecule has 0 heterocycles. The molecule has 0 saturated heterocycles. The van der Waals surface area contributed by atoms with Crippen molar-refractivity contribution in [1.29, 1.82) is 5.26 Å². The second kappa shape index (κ2) is 7.11. The quantitative estimate of drug-likeness (QED) is 0.822. The number of hydrogen-bond donors (Lipinski definition) is 1. The molecule has 23 heavy (non-hydrogen) atoms. The normalized spacial score (nSPS) is 10.8. The minimum Gasteiger partial charge on any atom is -0.492 e. The van der Waals surface area contributed by atoms with Crippen molar-refractivity contribution in [3.8, 4) is 11.8 Å². The first-order valence-electron chi connectivity index (χ1n) is 6.76. The molecule has 0 spiro atoms. The molecule has 2 rings (SSSR count). The fourth-order valence-corrected chi connectivity index (χ4v) is 2.53. The summed E-state index contributed by atoms with van der Waals surface area (Å²) >= 11 is 0. The van der Waals surface area contributed by atoms with Crippen LogP contribution in [0.5, 0.6) is 5.75 Å². The van der Waals surface area contributed by atoms with E-state index in [2.05, 4.69) is 5.32 Å². The summed E-state index contributed by atoms with van der Waals surface area (Å²) in [6.07, 6.45) is 1.14. The van der Waals surface area contributed by atoms with Crippen molar-refractivity contribution in [2.24, 2.45) is 0 Å². The van der Waals surface area contributed by atoms with Crippen LogP contribution < -0.4 is 10.1 Å². The van der Waals surface area contributed by atoms with E-state index in [0.717, 1.165) is 12.3 Å². The van der Waals surface area contributed by atoms with Crippen molar-refractivity contribution in [3.63, 3.8) is 0 Å². The highest BCUT2D eigenvalue weighted by molar-refractivity contribution is 7.90. The van der Waals surface area contributed by atoms with Gasteiger partial charge in [-0.2, -0.15) is 5.26 Å². The molecule has 0 amide bonds. The molecule has 2 aromatic carbocycles. The smallest absolute Gasteiger partial charge is 0.175 e. The lowest BCUT2D eigenvalue weighted by Crippen LogP contribution is -2.12. The monoisotopic (exact) mass is 334 g/mol. The summed E-state index contributed by atoms with van der Waals surface area (Å²) in [7, 11) is -3.22. The number of nitrogens with zero attached hydrogens (tertiary/aromatic N) is 1. The molecule has 0 fully saturated rings. The highest BCUT2D eigenvalue weighted by atomic mass is 32.2. The first-order chi connectivity index (χ1) is 10.9. The van der Waals surface area contributed by atoms with Crippen molar-refractivity contribution in [3.05, 3.63) is 53.8 Å². The molecule has 7 heteroatoms. The molecule has 0 atom stereocenters. The van der Waals surface area contributed by atoms with Gasteiger partial charge in [0, 0.05) is 12.8 Å². The van der Waals surface area contributed by atoms with E-state index >= 15 is 0 Å². The first-order valence-corrected chi connectivity index (χ1v) is 8.66. The second-order valence-corrected chi connectivity index (χ2v) is 6.84. The molecule has 0 aliphatic carbocycles. The number of halogens is 1. The molecule has 0 aromatic heterocycles. The van der Waals surface area contributed by atoms with Gasteiger partial charge in [0.2, 0.25) is 0 Å². The zero-order chi connectivity index (χ0) is 16.9. The number of nitrogens with one attached hydrogen (secondary N) is 1. The van der Waals surface area contributed by atoms with Crippen LogP contribution in [0.2, 0.25) is 0 Å². The van der Waals surface area contributed by atoms with Crippen LogP contribution >= 0.6 is 0 Å². The van der Waals surface area contributed by atoms with E-state index in [1.807, 2.05) is 6.07 Å². The van der Waals surface area contributed by atoms with Crippen LogP contribution in [0, 0.1) is 17.1 Å². The number of benzene rings is 2. The Morgan fingerprint density at radius 3 is 2.52 bits per heavy atom. The molecule has 2 aromatic rings. The molecule has 120 valence electrons. The second-order valence-electron chi connectivity index (χ2n) is 4.82. The summed E-state index contributed by atoms with van der Waals surface area (Å²) < 4.78 is 41.2. The van der Waals surface area contributed by atoms with Gasteiger partial charge in [-0.05, 0) is 42.5 Å². The Morgan fingerprint density at radius 1 is 1.22 bits per heavy atom. The Morgan fingerprint density at radius 2 is 1.91 bits per heavy atom. The van der Waals surface area contributed by atoms with Crippen LogP contribution in [0.1, 0.15) is 5.56 Å². The van der Waals surface area contributed by atoms with Gasteiger partial charge in [0.15, 0.2) is 9.84 Å². The highest BCUT2D eigenvalue weighted by Gasteiger charge is 2.06. The Kier molecular flexibility index (Phi) is 5.19. The average molecular weight is 334 g/mol. The van der Waals surface area contributed by atoms with Gasteiger partial charge >= 0.3 is 0 Å². The van der Waals surface area contributed by atoms with E-state index in [1.54, 1.807) is 12.1 Å². The van der Waals surface area contributed by atoms with Gasteiger partial charge in [-0.25, -0.2) is 12.8 Å². The van der Waals surface area contributed by atoms with E-state index in [-0.39, 0.29) is 10.5 Å². The third kappa shape index (κ3) is 4.69. The molecule has 0 aliphatic rings. The number of rotatable bonds is 6. The predicted molar refractivity (Wildman–Crippen MR) is 84.7 cm³/mol. The zero-order valence-corrected chi connectivity index (χ0v) is 13.2. The Labute approximate surface area is 134 Å². The van der Waals surface area contributed by atoms with E-state index in [4.69, 9.17) is 10.00 Å². The van der Waals surface area contributed by atoms with Crippen molar-refractivity contribution >= 4 is 15.5 Å². The molecule has 0 unspecified atom stereocenters. The van der Waals surface area contributed by atoms with Gasteiger partial charge in [-0.3, -0.25) is 0 Å². The van der Waals surface area contributed by atoms with Gasteiger partial charge < -0.3 is 10.1 Å². The third-order valence-electron chi connectivity index (χ3n) is 3.04. The number of hydrogen-bond acceptors (Lipinski definition) is 5. The lowest BCUT2D eigenvalue weighted by Gasteiger charge is -2.10. The Hall–Kier alpha value is -2.59. The summed E-state index contributed by atoms with van der Waals surface area (Å²) in [4.78, 5) is 0.230. The van der Waals surface area contributed by atoms with Crippen LogP contribution in [0.15, 0.2) is 47.4 Å². The van der Waals surface area contributed by atoms with Crippen LogP contribution in [0.3, 0.4) is 0 Å². The molecular weight excluding hydrogens is 319 g/mol. The molecule has 0 aliphatic heterocycles. The fraction of sp³-hybridized carbons (Fsp3) is 0.188. The van der Waals surface area contributed by atoms with E-state index in [1.165, 1.54) is 24.3 Å². The third-order valence-corrected chi connectivity index (χ3v) is 4.17. The summed E-state index contributed by atoms with van der Waals surface area (Å²) in [5, 5.41) is 11.9. The van der Waals surface area contributed by atoms with Gasteiger partial charge in [-0.15, -0.1) is 0 Å². The minimum absolute atomic E-state index is 0.225. The Balaban J connectivity index is 1.88. The molecular formula is C16H15FN2O3S. The topological polar surface area (TPSA) is 79.2 Å². The van der Waals surface area contributed by atoms with Crippen molar-refractivity contribution in [2.75, 3.05) is 24.7 Å². The van der Waals surface area contributed by atoms with E-state index in [0.29, 0.717) is 24.6 Å². The maximum absolute atomic E-state index is 13.0. The summed E-state index contributed by atoms with van der Waals surface area (Å²) in [6, 6.07) is 12.0. The van der Waals surface area contributed by atoms with E-state index < -0.39 is 15.7 Å². The molecule has 0 saturated carbocycles. The predicted octanol–water partition coefficient (Wildman–Crippen LogP) is 2.59. The van der Waals surface area contributed by atoms with Crippen LogP contribution in [0.25, 0.3) is 0 Å². The highest BCUT2D eigenvalue weighted by Crippen LogP contribution is 2.17. The number of nitriles is 1. The molecule has 0 bridgehead atoms. The standard InChI is InChI=1S/C16H15FN2O3S/c1-23(20,21)15-5-3-14(4-6-15)22-9-8-19-16-7-2-13(17)10-12(16)11-18/h2-7,10,19H,8-9H2,1H3. The van der Waals surface area contributed by atoms with Crippen LogP contribution in [-0.2, 0) is 9.84 Å². The number of anilines is 1. The molecule has 5 nitrogen and oxygen atoms in total. The van der Waals surface area contributed by atoms with Crippen LogP contribution in [-0.4, -0.2) is 27.8 Å². The first kappa shape index (κ1) is 16.8. The Bertz CT molecular complexity index is 827.